The van der Waals surface area contributed by atoms with Crippen LogP contribution >= 0.6 is 11.3 Å². The molecule has 0 saturated carbocycles. The maximum atomic E-state index is 12.0. The Balaban J connectivity index is 2.06. The zero-order valence-corrected chi connectivity index (χ0v) is 10.4. The highest BCUT2D eigenvalue weighted by atomic mass is 32.1. The molecule has 6 heteroatoms. The third-order valence-corrected chi connectivity index (χ3v) is 3.02. The van der Waals surface area contributed by atoms with Crippen LogP contribution in [0.4, 0.5) is 0 Å². The summed E-state index contributed by atoms with van der Waals surface area (Å²) >= 11 is 1.58. The van der Waals surface area contributed by atoms with Crippen LogP contribution in [0, 0.1) is 6.92 Å². The zero-order valence-electron chi connectivity index (χ0n) is 9.62. The van der Waals surface area contributed by atoms with Crippen molar-refractivity contribution >= 4 is 17.2 Å². The minimum atomic E-state index is -0.149. The summed E-state index contributed by atoms with van der Waals surface area (Å²) < 4.78 is 0. The molecule has 0 radical (unpaired) electrons. The first-order valence-corrected chi connectivity index (χ1v) is 5.97. The van der Waals surface area contributed by atoms with Crippen LogP contribution in [0.1, 0.15) is 21.2 Å². The summed E-state index contributed by atoms with van der Waals surface area (Å²) in [6.45, 7) is 2.43. The van der Waals surface area contributed by atoms with E-state index in [0.29, 0.717) is 12.2 Å². The van der Waals surface area contributed by atoms with Gasteiger partial charge in [0.25, 0.3) is 5.91 Å². The van der Waals surface area contributed by atoms with Crippen molar-refractivity contribution in [2.45, 2.75) is 13.5 Å². The first kappa shape index (κ1) is 11.7. The summed E-state index contributed by atoms with van der Waals surface area (Å²) in [4.78, 5) is 25.7. The van der Waals surface area contributed by atoms with Gasteiger partial charge in [-0.05, 0) is 6.92 Å². The molecule has 0 aromatic carbocycles. The Hall–Kier alpha value is -1.82. The summed E-state index contributed by atoms with van der Waals surface area (Å²) in [5, 5.41) is 2.95. The van der Waals surface area contributed by atoms with E-state index in [4.69, 9.17) is 0 Å². The SMILES string of the molecule is Cc1nc(CN(C)C(=O)c2cnccn2)cs1. The van der Waals surface area contributed by atoms with E-state index in [9.17, 15) is 4.79 Å². The molecule has 0 fully saturated rings. The molecule has 2 aromatic rings. The first-order chi connectivity index (χ1) is 8.16. The van der Waals surface area contributed by atoms with Gasteiger partial charge in [0.15, 0.2) is 0 Å². The minimum absolute atomic E-state index is 0.149. The lowest BCUT2D eigenvalue weighted by Crippen LogP contribution is -2.27. The Morgan fingerprint density at radius 3 is 2.88 bits per heavy atom. The number of hydrogen-bond donors (Lipinski definition) is 0. The van der Waals surface area contributed by atoms with Crippen LogP contribution in [0.5, 0.6) is 0 Å². The molecule has 1 amide bonds. The van der Waals surface area contributed by atoms with Gasteiger partial charge in [-0.3, -0.25) is 9.78 Å². The van der Waals surface area contributed by atoms with E-state index < -0.39 is 0 Å². The number of hydrogen-bond acceptors (Lipinski definition) is 5. The topological polar surface area (TPSA) is 59.0 Å². The van der Waals surface area contributed by atoms with Gasteiger partial charge in [0.05, 0.1) is 23.4 Å². The molecular formula is C11H12N4OS. The van der Waals surface area contributed by atoms with Gasteiger partial charge in [-0.1, -0.05) is 0 Å². The normalized spacial score (nSPS) is 10.2. The fraction of sp³-hybridized carbons (Fsp3) is 0.273. The molecule has 0 N–H and O–H groups in total. The van der Waals surface area contributed by atoms with Crippen molar-refractivity contribution in [1.29, 1.82) is 0 Å². The fourth-order valence-electron chi connectivity index (χ4n) is 1.40. The highest BCUT2D eigenvalue weighted by Gasteiger charge is 2.14. The van der Waals surface area contributed by atoms with Crippen molar-refractivity contribution in [2.24, 2.45) is 0 Å². The number of carbonyl (C=O) groups is 1. The maximum Gasteiger partial charge on any atom is 0.274 e. The lowest BCUT2D eigenvalue weighted by atomic mass is 10.3. The average Bonchev–Trinajstić information content (AvgIpc) is 2.75. The van der Waals surface area contributed by atoms with Crippen molar-refractivity contribution in [3.63, 3.8) is 0 Å². The molecule has 0 aliphatic rings. The molecule has 0 aliphatic heterocycles. The summed E-state index contributed by atoms with van der Waals surface area (Å²) in [6.07, 6.45) is 4.51. The van der Waals surface area contributed by atoms with Crippen molar-refractivity contribution in [2.75, 3.05) is 7.05 Å². The van der Waals surface area contributed by atoms with Gasteiger partial charge < -0.3 is 4.90 Å². The Kier molecular flexibility index (Phi) is 3.43. The van der Waals surface area contributed by atoms with Crippen LogP contribution in [0.15, 0.2) is 24.0 Å². The lowest BCUT2D eigenvalue weighted by Gasteiger charge is -2.14. The number of amides is 1. The number of aryl methyl sites for hydroxylation is 1. The Morgan fingerprint density at radius 1 is 1.47 bits per heavy atom. The lowest BCUT2D eigenvalue weighted by molar-refractivity contribution is 0.0777. The Morgan fingerprint density at radius 2 is 2.29 bits per heavy atom. The molecule has 0 saturated heterocycles. The van der Waals surface area contributed by atoms with Crippen LogP contribution in [-0.2, 0) is 6.54 Å². The summed E-state index contributed by atoms with van der Waals surface area (Å²) in [6, 6.07) is 0. The number of carbonyl (C=O) groups excluding carboxylic acids is 1. The third-order valence-electron chi connectivity index (χ3n) is 2.19. The Labute approximate surface area is 103 Å². The second kappa shape index (κ2) is 5.01. The summed E-state index contributed by atoms with van der Waals surface area (Å²) in [5.41, 5.74) is 1.24. The third kappa shape index (κ3) is 2.85. The fourth-order valence-corrected chi connectivity index (χ4v) is 2.00. The average molecular weight is 248 g/mol. The van der Waals surface area contributed by atoms with Crippen molar-refractivity contribution < 1.29 is 4.79 Å². The molecule has 0 aliphatic carbocycles. The van der Waals surface area contributed by atoms with Gasteiger partial charge in [0, 0.05) is 24.8 Å². The van der Waals surface area contributed by atoms with Gasteiger partial charge in [-0.25, -0.2) is 9.97 Å². The van der Waals surface area contributed by atoms with E-state index in [-0.39, 0.29) is 5.91 Å². The molecule has 5 nitrogen and oxygen atoms in total. The van der Waals surface area contributed by atoms with E-state index in [0.717, 1.165) is 10.7 Å². The highest BCUT2D eigenvalue weighted by Crippen LogP contribution is 2.10. The molecule has 0 spiro atoms. The van der Waals surface area contributed by atoms with E-state index in [2.05, 4.69) is 15.0 Å². The minimum Gasteiger partial charge on any atom is -0.334 e. The predicted molar refractivity (Wildman–Crippen MR) is 64.7 cm³/mol. The summed E-state index contributed by atoms with van der Waals surface area (Å²) in [5.74, 6) is -0.149. The molecule has 88 valence electrons. The summed E-state index contributed by atoms with van der Waals surface area (Å²) in [7, 11) is 1.73. The second-order valence-electron chi connectivity index (χ2n) is 3.61. The number of rotatable bonds is 3. The predicted octanol–water partition coefficient (Wildman–Crippen LogP) is 1.51. The molecule has 0 bridgehead atoms. The molecule has 17 heavy (non-hydrogen) atoms. The van der Waals surface area contributed by atoms with Crippen LogP contribution < -0.4 is 0 Å². The quantitative estimate of drug-likeness (QED) is 0.826. The van der Waals surface area contributed by atoms with E-state index in [1.54, 1.807) is 29.5 Å². The van der Waals surface area contributed by atoms with Gasteiger partial charge >= 0.3 is 0 Å². The Bertz CT molecular complexity index is 511. The van der Waals surface area contributed by atoms with Crippen molar-refractivity contribution in [3.05, 3.63) is 40.4 Å². The van der Waals surface area contributed by atoms with Crippen molar-refractivity contribution in [1.82, 2.24) is 19.9 Å². The molecule has 2 heterocycles. The van der Waals surface area contributed by atoms with Crippen LogP contribution in [0.2, 0.25) is 0 Å². The van der Waals surface area contributed by atoms with Gasteiger partial charge in [0.2, 0.25) is 0 Å². The number of nitrogens with zero attached hydrogens (tertiary/aromatic N) is 4. The highest BCUT2D eigenvalue weighted by molar-refractivity contribution is 7.09. The van der Waals surface area contributed by atoms with Crippen LogP contribution in [0.3, 0.4) is 0 Å². The smallest absolute Gasteiger partial charge is 0.274 e. The first-order valence-electron chi connectivity index (χ1n) is 5.09. The van der Waals surface area contributed by atoms with Crippen molar-refractivity contribution in [3.8, 4) is 0 Å². The van der Waals surface area contributed by atoms with E-state index >= 15 is 0 Å². The molecule has 0 atom stereocenters. The van der Waals surface area contributed by atoms with E-state index in [1.807, 2.05) is 12.3 Å². The number of aromatic nitrogens is 3. The second-order valence-corrected chi connectivity index (χ2v) is 4.67. The molecule has 2 aromatic heterocycles. The number of thiazole rings is 1. The maximum absolute atomic E-state index is 12.0. The van der Waals surface area contributed by atoms with Crippen LogP contribution in [-0.4, -0.2) is 32.8 Å². The van der Waals surface area contributed by atoms with Gasteiger partial charge in [0.1, 0.15) is 5.69 Å². The van der Waals surface area contributed by atoms with Gasteiger partial charge in [-0.15, -0.1) is 11.3 Å². The van der Waals surface area contributed by atoms with Gasteiger partial charge in [-0.2, -0.15) is 0 Å². The largest absolute Gasteiger partial charge is 0.334 e. The molecule has 0 unspecified atom stereocenters. The standard InChI is InChI=1S/C11H12N4OS/c1-8-14-9(7-17-8)6-15(2)11(16)10-5-12-3-4-13-10/h3-5,7H,6H2,1-2H3. The van der Waals surface area contributed by atoms with Crippen LogP contribution in [0.25, 0.3) is 0 Å². The van der Waals surface area contributed by atoms with E-state index in [1.165, 1.54) is 12.4 Å². The zero-order chi connectivity index (χ0) is 12.3. The monoisotopic (exact) mass is 248 g/mol. The molecule has 2 rings (SSSR count). The molecular weight excluding hydrogens is 236 g/mol.